The largest absolute Gasteiger partial charge is 0.457 e. The van der Waals surface area contributed by atoms with Crippen molar-refractivity contribution in [2.45, 2.75) is 6.42 Å². The quantitative estimate of drug-likeness (QED) is 0.796. The summed E-state index contributed by atoms with van der Waals surface area (Å²) in [6.07, 6.45) is 0.356. The maximum Gasteiger partial charge on any atom is 0.224 e. The van der Waals surface area contributed by atoms with Gasteiger partial charge in [-0.05, 0) is 29.8 Å². The highest BCUT2D eigenvalue weighted by atomic mass is 16.5. The van der Waals surface area contributed by atoms with Crippen molar-refractivity contribution < 1.29 is 14.3 Å². The minimum Gasteiger partial charge on any atom is -0.457 e. The lowest BCUT2D eigenvalue weighted by Crippen LogP contribution is -2.28. The molecule has 0 saturated heterocycles. The van der Waals surface area contributed by atoms with E-state index in [4.69, 9.17) is 9.47 Å². The number of para-hydroxylation sites is 1. The molecule has 0 atom stereocenters. The van der Waals surface area contributed by atoms with Crippen molar-refractivity contribution in [1.29, 1.82) is 0 Å². The molecule has 2 rings (SSSR count). The molecule has 0 radical (unpaired) electrons. The topological polar surface area (TPSA) is 47.6 Å². The summed E-state index contributed by atoms with van der Waals surface area (Å²) in [7, 11) is 1.61. The van der Waals surface area contributed by atoms with Crippen molar-refractivity contribution in [1.82, 2.24) is 5.32 Å². The van der Waals surface area contributed by atoms with Crippen molar-refractivity contribution in [3.8, 4) is 11.5 Å². The maximum atomic E-state index is 11.7. The van der Waals surface area contributed by atoms with Crippen LogP contribution >= 0.6 is 0 Å². The fourth-order valence-electron chi connectivity index (χ4n) is 1.84. The summed E-state index contributed by atoms with van der Waals surface area (Å²) in [4.78, 5) is 11.7. The highest BCUT2D eigenvalue weighted by Gasteiger charge is 2.03. The number of nitrogens with one attached hydrogen (secondary N) is 1. The zero-order chi connectivity index (χ0) is 14.9. The van der Waals surface area contributed by atoms with Gasteiger partial charge in [0.1, 0.15) is 11.5 Å². The van der Waals surface area contributed by atoms with E-state index in [9.17, 15) is 4.79 Å². The first-order valence-electron chi connectivity index (χ1n) is 6.85. The van der Waals surface area contributed by atoms with E-state index in [0.717, 1.165) is 17.1 Å². The first kappa shape index (κ1) is 15.1. The van der Waals surface area contributed by atoms with E-state index in [1.54, 1.807) is 7.11 Å². The number of amides is 1. The molecule has 0 aliphatic heterocycles. The van der Waals surface area contributed by atoms with Crippen LogP contribution in [0, 0.1) is 0 Å². The minimum absolute atomic E-state index is 0.0104. The standard InChI is InChI=1S/C17H19NO3/c1-20-12-11-18-17(19)13-14-7-9-16(10-8-14)21-15-5-3-2-4-6-15/h2-10H,11-13H2,1H3,(H,18,19). The average molecular weight is 285 g/mol. The third kappa shape index (κ3) is 5.28. The number of methoxy groups -OCH3 is 1. The molecule has 0 heterocycles. The fraction of sp³-hybridized carbons (Fsp3) is 0.235. The molecule has 0 aliphatic rings. The van der Waals surface area contributed by atoms with Crippen LogP contribution in [0.2, 0.25) is 0 Å². The van der Waals surface area contributed by atoms with Crippen LogP contribution in [-0.4, -0.2) is 26.2 Å². The van der Waals surface area contributed by atoms with Gasteiger partial charge in [-0.3, -0.25) is 4.79 Å². The summed E-state index contributed by atoms with van der Waals surface area (Å²) >= 11 is 0. The average Bonchev–Trinajstić information content (AvgIpc) is 2.51. The van der Waals surface area contributed by atoms with Crippen LogP contribution < -0.4 is 10.1 Å². The van der Waals surface area contributed by atoms with E-state index in [1.807, 2.05) is 54.6 Å². The van der Waals surface area contributed by atoms with Gasteiger partial charge in [-0.15, -0.1) is 0 Å². The molecule has 1 N–H and O–H groups in total. The number of rotatable bonds is 7. The maximum absolute atomic E-state index is 11.7. The number of hydrogen-bond acceptors (Lipinski definition) is 3. The predicted molar refractivity (Wildman–Crippen MR) is 81.5 cm³/mol. The molecule has 2 aromatic carbocycles. The SMILES string of the molecule is COCCNC(=O)Cc1ccc(Oc2ccccc2)cc1. The van der Waals surface area contributed by atoms with Crippen LogP contribution in [0.25, 0.3) is 0 Å². The van der Waals surface area contributed by atoms with Crippen molar-refractivity contribution in [3.05, 3.63) is 60.2 Å². The van der Waals surface area contributed by atoms with E-state index in [2.05, 4.69) is 5.32 Å². The molecule has 110 valence electrons. The molecular weight excluding hydrogens is 266 g/mol. The number of benzene rings is 2. The van der Waals surface area contributed by atoms with Crippen LogP contribution in [-0.2, 0) is 16.0 Å². The summed E-state index contributed by atoms with van der Waals surface area (Å²) < 4.78 is 10.6. The lowest BCUT2D eigenvalue weighted by molar-refractivity contribution is -0.120. The summed E-state index contributed by atoms with van der Waals surface area (Å²) in [5, 5.41) is 2.79. The molecule has 0 bridgehead atoms. The molecule has 0 unspecified atom stereocenters. The molecule has 0 aliphatic carbocycles. The second-order valence-corrected chi connectivity index (χ2v) is 4.58. The van der Waals surface area contributed by atoms with Crippen molar-refractivity contribution >= 4 is 5.91 Å². The van der Waals surface area contributed by atoms with Crippen LogP contribution in [0.1, 0.15) is 5.56 Å². The third-order valence-electron chi connectivity index (χ3n) is 2.90. The Morgan fingerprint density at radius 3 is 2.33 bits per heavy atom. The van der Waals surface area contributed by atoms with Gasteiger partial charge in [0.2, 0.25) is 5.91 Å². The molecule has 0 spiro atoms. The lowest BCUT2D eigenvalue weighted by Gasteiger charge is -2.07. The Morgan fingerprint density at radius 2 is 1.67 bits per heavy atom. The van der Waals surface area contributed by atoms with Crippen molar-refractivity contribution in [3.63, 3.8) is 0 Å². The third-order valence-corrected chi connectivity index (χ3v) is 2.90. The van der Waals surface area contributed by atoms with Gasteiger partial charge < -0.3 is 14.8 Å². The molecule has 4 nitrogen and oxygen atoms in total. The van der Waals surface area contributed by atoms with Crippen LogP contribution in [0.4, 0.5) is 0 Å². The summed E-state index contributed by atoms with van der Waals surface area (Å²) in [6, 6.07) is 17.1. The van der Waals surface area contributed by atoms with E-state index >= 15 is 0 Å². The van der Waals surface area contributed by atoms with Gasteiger partial charge in [0.25, 0.3) is 0 Å². The van der Waals surface area contributed by atoms with Gasteiger partial charge in [0.15, 0.2) is 0 Å². The highest BCUT2D eigenvalue weighted by Crippen LogP contribution is 2.21. The predicted octanol–water partition coefficient (Wildman–Crippen LogP) is 2.78. The van der Waals surface area contributed by atoms with Crippen molar-refractivity contribution in [2.24, 2.45) is 0 Å². The minimum atomic E-state index is -0.0104. The molecule has 0 aromatic heterocycles. The summed E-state index contributed by atoms with van der Waals surface area (Å²) in [5.41, 5.74) is 0.949. The molecule has 21 heavy (non-hydrogen) atoms. The van der Waals surface area contributed by atoms with Gasteiger partial charge in [0, 0.05) is 13.7 Å². The monoisotopic (exact) mass is 285 g/mol. The Morgan fingerprint density at radius 1 is 1.00 bits per heavy atom. The fourth-order valence-corrected chi connectivity index (χ4v) is 1.84. The first-order chi connectivity index (χ1) is 10.3. The molecule has 4 heteroatoms. The molecule has 0 fully saturated rings. The Kier molecular flexibility index (Phi) is 5.79. The van der Waals surface area contributed by atoms with Gasteiger partial charge in [-0.1, -0.05) is 30.3 Å². The highest BCUT2D eigenvalue weighted by molar-refractivity contribution is 5.78. The van der Waals surface area contributed by atoms with E-state index < -0.39 is 0 Å². The second-order valence-electron chi connectivity index (χ2n) is 4.58. The Hall–Kier alpha value is -2.33. The van der Waals surface area contributed by atoms with Crippen LogP contribution in [0.5, 0.6) is 11.5 Å². The zero-order valence-electron chi connectivity index (χ0n) is 12.0. The van der Waals surface area contributed by atoms with Gasteiger partial charge in [-0.25, -0.2) is 0 Å². The molecular formula is C17H19NO3. The first-order valence-corrected chi connectivity index (χ1v) is 6.85. The summed E-state index contributed by atoms with van der Waals surface area (Å²) in [6.45, 7) is 1.06. The van der Waals surface area contributed by atoms with Gasteiger partial charge >= 0.3 is 0 Å². The lowest BCUT2D eigenvalue weighted by atomic mass is 10.1. The Labute approximate surface area is 124 Å². The van der Waals surface area contributed by atoms with E-state index in [0.29, 0.717) is 19.6 Å². The smallest absolute Gasteiger partial charge is 0.224 e. The number of carbonyl (C=O) groups excluding carboxylic acids is 1. The molecule has 1 amide bonds. The van der Waals surface area contributed by atoms with E-state index in [1.165, 1.54) is 0 Å². The zero-order valence-corrected chi connectivity index (χ0v) is 12.0. The number of hydrogen-bond donors (Lipinski definition) is 1. The second kappa shape index (κ2) is 8.07. The normalized spacial score (nSPS) is 10.1. The molecule has 0 saturated carbocycles. The Balaban J connectivity index is 1.85. The van der Waals surface area contributed by atoms with E-state index in [-0.39, 0.29) is 5.91 Å². The summed E-state index contributed by atoms with van der Waals surface area (Å²) in [5.74, 6) is 1.54. The van der Waals surface area contributed by atoms with Crippen LogP contribution in [0.3, 0.4) is 0 Å². The molecule has 2 aromatic rings. The van der Waals surface area contributed by atoms with Crippen molar-refractivity contribution in [2.75, 3.05) is 20.3 Å². The van der Waals surface area contributed by atoms with Crippen LogP contribution in [0.15, 0.2) is 54.6 Å². The Bertz CT molecular complexity index is 552. The number of ether oxygens (including phenoxy) is 2. The van der Waals surface area contributed by atoms with Gasteiger partial charge in [0.05, 0.1) is 13.0 Å². The number of carbonyl (C=O) groups is 1. The van der Waals surface area contributed by atoms with Gasteiger partial charge in [-0.2, -0.15) is 0 Å².